The molecule has 130 valence electrons. The summed E-state index contributed by atoms with van der Waals surface area (Å²) in [6, 6.07) is 8.16. The number of hydrogen-bond acceptors (Lipinski definition) is 3. The van der Waals surface area contributed by atoms with Crippen LogP contribution >= 0.6 is 23.2 Å². The molecule has 0 amide bonds. The minimum atomic E-state index is -0.0440. The van der Waals surface area contributed by atoms with Gasteiger partial charge in [-0.15, -0.1) is 0 Å². The van der Waals surface area contributed by atoms with Gasteiger partial charge in [0.05, 0.1) is 10.0 Å². The second kappa shape index (κ2) is 7.03. The highest BCUT2D eigenvalue weighted by molar-refractivity contribution is 6.42. The highest BCUT2D eigenvalue weighted by atomic mass is 35.5. The van der Waals surface area contributed by atoms with Crippen molar-refractivity contribution in [3.05, 3.63) is 68.7 Å². The summed E-state index contributed by atoms with van der Waals surface area (Å²) in [5.41, 5.74) is 3.69. The van der Waals surface area contributed by atoms with Gasteiger partial charge in [0.1, 0.15) is 23.0 Å². The summed E-state index contributed by atoms with van der Waals surface area (Å²) in [6.45, 7) is 4.07. The van der Waals surface area contributed by atoms with Gasteiger partial charge in [0, 0.05) is 29.7 Å². The lowest BCUT2D eigenvalue weighted by molar-refractivity contribution is 0.424. The molecule has 1 aliphatic heterocycles. The van der Waals surface area contributed by atoms with Crippen molar-refractivity contribution in [1.82, 2.24) is 0 Å². The molecule has 1 aliphatic rings. The maximum absolute atomic E-state index is 10.2. The van der Waals surface area contributed by atoms with Gasteiger partial charge in [-0.25, -0.2) is 0 Å². The third-order valence-electron chi connectivity index (χ3n) is 4.03. The topological polar surface area (TPSA) is 49.7 Å². The zero-order valence-corrected chi connectivity index (χ0v) is 15.4. The fourth-order valence-electron chi connectivity index (χ4n) is 2.75. The molecule has 3 rings (SSSR count). The van der Waals surface area contributed by atoms with E-state index in [0.29, 0.717) is 40.0 Å². The molecule has 0 atom stereocenters. The molecule has 0 spiro atoms. The van der Waals surface area contributed by atoms with Gasteiger partial charge >= 0.3 is 0 Å². The highest BCUT2D eigenvalue weighted by Crippen LogP contribution is 2.43. The van der Waals surface area contributed by atoms with Crippen LogP contribution < -0.4 is 4.74 Å². The van der Waals surface area contributed by atoms with Crippen molar-refractivity contribution in [2.24, 2.45) is 0 Å². The molecule has 3 nitrogen and oxygen atoms in total. The highest BCUT2D eigenvalue weighted by Gasteiger charge is 2.24. The normalized spacial score (nSPS) is 13.3. The molecule has 0 saturated carbocycles. The van der Waals surface area contributed by atoms with Crippen LogP contribution in [0, 0.1) is 0 Å². The van der Waals surface area contributed by atoms with Crippen LogP contribution in [0.1, 0.15) is 31.4 Å². The van der Waals surface area contributed by atoms with Gasteiger partial charge in [0.15, 0.2) is 0 Å². The van der Waals surface area contributed by atoms with Crippen molar-refractivity contribution in [3.63, 3.8) is 0 Å². The van der Waals surface area contributed by atoms with Crippen LogP contribution in [0.4, 0.5) is 0 Å². The van der Waals surface area contributed by atoms with E-state index >= 15 is 0 Å². The predicted octanol–water partition coefficient (Wildman–Crippen LogP) is 6.11. The summed E-state index contributed by atoms with van der Waals surface area (Å²) in [6.07, 6.45) is 3.33. The molecule has 2 N–H and O–H groups in total. The van der Waals surface area contributed by atoms with E-state index in [1.807, 2.05) is 19.9 Å². The molecule has 0 unspecified atom stereocenters. The number of fused-ring (bicyclic) bond motifs is 1. The Bertz CT molecular complexity index is 894. The van der Waals surface area contributed by atoms with Gasteiger partial charge in [0.25, 0.3) is 0 Å². The van der Waals surface area contributed by atoms with Crippen molar-refractivity contribution in [3.8, 4) is 17.2 Å². The number of aromatic hydroxyl groups is 2. The van der Waals surface area contributed by atoms with E-state index < -0.39 is 0 Å². The molecule has 0 fully saturated rings. The number of rotatable bonds is 3. The molecule has 2 aromatic carbocycles. The lowest BCUT2D eigenvalue weighted by atomic mass is 9.94. The summed E-state index contributed by atoms with van der Waals surface area (Å²) in [4.78, 5) is 0. The van der Waals surface area contributed by atoms with Crippen molar-refractivity contribution >= 4 is 29.0 Å². The van der Waals surface area contributed by atoms with E-state index in [0.717, 1.165) is 11.1 Å². The number of hydrogen-bond donors (Lipinski definition) is 2. The van der Waals surface area contributed by atoms with Crippen LogP contribution in [0.3, 0.4) is 0 Å². The molecule has 2 aromatic rings. The number of phenolic OH excluding ortho intramolecular Hbond substituents is 2. The quantitative estimate of drug-likeness (QED) is 0.635. The minimum Gasteiger partial charge on any atom is -0.508 e. The van der Waals surface area contributed by atoms with Crippen molar-refractivity contribution in [1.29, 1.82) is 0 Å². The summed E-state index contributed by atoms with van der Waals surface area (Å²) >= 11 is 12.2. The lowest BCUT2D eigenvalue weighted by Crippen LogP contribution is -2.10. The monoisotopic (exact) mass is 376 g/mol. The maximum atomic E-state index is 10.2. The smallest absolute Gasteiger partial charge is 0.138 e. The van der Waals surface area contributed by atoms with E-state index in [4.69, 9.17) is 27.9 Å². The van der Waals surface area contributed by atoms with Crippen LogP contribution in [0.15, 0.2) is 47.6 Å². The molecule has 0 radical (unpaired) electrons. The first kappa shape index (κ1) is 17.7. The molecule has 0 saturated heterocycles. The van der Waals surface area contributed by atoms with Gasteiger partial charge in [-0.05, 0) is 44.0 Å². The Morgan fingerprint density at radius 3 is 2.56 bits per heavy atom. The Kier molecular flexibility index (Phi) is 4.98. The molecular weight excluding hydrogens is 359 g/mol. The summed E-state index contributed by atoms with van der Waals surface area (Å²) in [7, 11) is 0. The number of benzene rings is 2. The van der Waals surface area contributed by atoms with E-state index in [2.05, 4.69) is 6.08 Å². The predicted molar refractivity (Wildman–Crippen MR) is 102 cm³/mol. The molecule has 0 aliphatic carbocycles. The van der Waals surface area contributed by atoms with Crippen LogP contribution in [-0.4, -0.2) is 10.2 Å². The van der Waals surface area contributed by atoms with Crippen LogP contribution in [0.5, 0.6) is 17.2 Å². The SMILES string of the molecule is CC(C)=CCC1=C(c2ccc(Cl)c(Cl)c2)Oc2cc(O)cc(O)c2C1. The zero-order valence-electron chi connectivity index (χ0n) is 13.9. The summed E-state index contributed by atoms with van der Waals surface area (Å²) in [5.74, 6) is 1.10. The summed E-state index contributed by atoms with van der Waals surface area (Å²) in [5, 5.41) is 20.8. The minimum absolute atomic E-state index is 0.0258. The van der Waals surface area contributed by atoms with E-state index in [1.165, 1.54) is 17.7 Å². The molecule has 25 heavy (non-hydrogen) atoms. The Balaban J connectivity index is 2.11. The molecule has 0 bridgehead atoms. The average Bonchev–Trinajstić information content (AvgIpc) is 2.55. The first-order chi connectivity index (χ1) is 11.8. The number of allylic oxidation sites excluding steroid dienone is 3. The van der Waals surface area contributed by atoms with Crippen LogP contribution in [0.2, 0.25) is 10.0 Å². The molecule has 0 aromatic heterocycles. The first-order valence-electron chi connectivity index (χ1n) is 7.88. The number of phenols is 2. The summed E-state index contributed by atoms with van der Waals surface area (Å²) < 4.78 is 6.05. The zero-order chi connectivity index (χ0) is 18.1. The lowest BCUT2D eigenvalue weighted by Gasteiger charge is -2.24. The fraction of sp³-hybridized carbons (Fsp3) is 0.200. The Labute approximate surface area is 156 Å². The molecule has 1 heterocycles. The van der Waals surface area contributed by atoms with Crippen LogP contribution in [0.25, 0.3) is 5.76 Å². The Morgan fingerprint density at radius 2 is 1.88 bits per heavy atom. The number of ether oxygens (including phenoxy) is 1. The van der Waals surface area contributed by atoms with E-state index in [9.17, 15) is 10.2 Å². The van der Waals surface area contributed by atoms with Gasteiger partial charge in [-0.1, -0.05) is 34.9 Å². The first-order valence-corrected chi connectivity index (χ1v) is 8.64. The third kappa shape index (κ3) is 3.78. The maximum Gasteiger partial charge on any atom is 0.138 e. The van der Waals surface area contributed by atoms with Crippen molar-refractivity contribution in [2.75, 3.05) is 0 Å². The van der Waals surface area contributed by atoms with Gasteiger partial charge in [-0.2, -0.15) is 0 Å². The second-order valence-corrected chi connectivity index (χ2v) is 7.08. The van der Waals surface area contributed by atoms with E-state index in [1.54, 1.807) is 12.1 Å². The van der Waals surface area contributed by atoms with Crippen LogP contribution in [-0.2, 0) is 6.42 Å². The second-order valence-electron chi connectivity index (χ2n) is 6.27. The Morgan fingerprint density at radius 1 is 1.12 bits per heavy atom. The van der Waals surface area contributed by atoms with E-state index in [-0.39, 0.29) is 11.5 Å². The molecule has 5 heteroatoms. The Hall–Kier alpha value is -2.10. The van der Waals surface area contributed by atoms with Gasteiger partial charge in [0.2, 0.25) is 0 Å². The van der Waals surface area contributed by atoms with Crippen molar-refractivity contribution in [2.45, 2.75) is 26.7 Å². The molecular formula is C20H18Cl2O3. The largest absolute Gasteiger partial charge is 0.508 e. The van der Waals surface area contributed by atoms with Gasteiger partial charge in [-0.3, -0.25) is 0 Å². The number of halogens is 2. The standard InChI is InChI=1S/C20H18Cl2O3/c1-11(2)3-4-12-7-15-18(24)9-14(23)10-19(15)25-20(12)13-5-6-16(21)17(22)8-13/h3,5-6,8-10,23-24H,4,7H2,1-2H3. The van der Waals surface area contributed by atoms with Crippen molar-refractivity contribution < 1.29 is 14.9 Å². The fourth-order valence-corrected chi connectivity index (χ4v) is 3.05. The van der Waals surface area contributed by atoms with Gasteiger partial charge < -0.3 is 14.9 Å². The average molecular weight is 377 g/mol. The third-order valence-corrected chi connectivity index (χ3v) is 4.77.